The van der Waals surface area contributed by atoms with Gasteiger partial charge in [0, 0.05) is 45.4 Å². The Morgan fingerprint density at radius 3 is 2.54 bits per heavy atom. The average Bonchev–Trinajstić information content (AvgIpc) is 3.04. The van der Waals surface area contributed by atoms with Crippen molar-refractivity contribution in [2.75, 3.05) is 40.4 Å². The van der Waals surface area contributed by atoms with Crippen molar-refractivity contribution in [3.8, 4) is 5.75 Å². The number of ether oxygens (including phenoxy) is 2. The van der Waals surface area contributed by atoms with Crippen molar-refractivity contribution in [1.29, 1.82) is 0 Å². The number of nitrogens with zero attached hydrogens (tertiary/aromatic N) is 2. The second-order valence-corrected chi connectivity index (χ2v) is 7.53. The Kier molecular flexibility index (Phi) is 11.8. The minimum Gasteiger partial charge on any atom is -0.497 e. The Balaban J connectivity index is 0.00000392. The van der Waals surface area contributed by atoms with Crippen molar-refractivity contribution in [3.05, 3.63) is 29.8 Å². The van der Waals surface area contributed by atoms with Gasteiger partial charge in [-0.3, -0.25) is 9.89 Å². The fourth-order valence-electron chi connectivity index (χ4n) is 3.28. The van der Waals surface area contributed by atoms with E-state index in [1.807, 2.05) is 31.3 Å². The first kappa shape index (κ1) is 25.0. The third-order valence-electron chi connectivity index (χ3n) is 5.10. The summed E-state index contributed by atoms with van der Waals surface area (Å²) >= 11 is 0. The molecule has 1 aliphatic rings. The van der Waals surface area contributed by atoms with E-state index in [0.717, 1.165) is 49.9 Å². The summed E-state index contributed by atoms with van der Waals surface area (Å²) in [7, 11) is 3.50. The maximum absolute atomic E-state index is 5.75. The monoisotopic (exact) mass is 504 g/mol. The third kappa shape index (κ3) is 8.13. The lowest BCUT2D eigenvalue weighted by Gasteiger charge is -2.22. The van der Waals surface area contributed by atoms with Crippen LogP contribution < -0.4 is 15.4 Å². The molecule has 2 unspecified atom stereocenters. The third-order valence-corrected chi connectivity index (χ3v) is 5.10. The summed E-state index contributed by atoms with van der Waals surface area (Å²) in [6.07, 6.45) is 0.940. The molecule has 0 radical (unpaired) electrons. The van der Waals surface area contributed by atoms with Crippen molar-refractivity contribution < 1.29 is 9.47 Å². The largest absolute Gasteiger partial charge is 0.497 e. The zero-order valence-electron chi connectivity index (χ0n) is 17.9. The SMILES string of the molecule is CN=C(NCCCOCc1ccc(OC)cc1)NC1CN(C(C)C)CC1C.I. The van der Waals surface area contributed by atoms with Crippen LogP contribution in [-0.2, 0) is 11.3 Å². The zero-order chi connectivity index (χ0) is 19.6. The molecule has 160 valence electrons. The molecule has 1 aliphatic heterocycles. The van der Waals surface area contributed by atoms with Crippen molar-refractivity contribution >= 4 is 29.9 Å². The van der Waals surface area contributed by atoms with Crippen molar-refractivity contribution in [3.63, 3.8) is 0 Å². The minimum absolute atomic E-state index is 0. The predicted octanol–water partition coefficient (Wildman–Crippen LogP) is 3.11. The summed E-state index contributed by atoms with van der Waals surface area (Å²) in [6, 6.07) is 9.03. The Bertz CT molecular complexity index is 580. The Morgan fingerprint density at radius 2 is 1.96 bits per heavy atom. The molecule has 0 saturated carbocycles. The number of hydrogen-bond acceptors (Lipinski definition) is 4. The Hall–Kier alpha value is -1.06. The molecule has 0 aliphatic carbocycles. The topological polar surface area (TPSA) is 58.1 Å². The summed E-state index contributed by atoms with van der Waals surface area (Å²) < 4.78 is 10.9. The molecule has 2 N–H and O–H groups in total. The van der Waals surface area contributed by atoms with Crippen LogP contribution in [0.25, 0.3) is 0 Å². The van der Waals surface area contributed by atoms with Crippen LogP contribution in [0, 0.1) is 5.92 Å². The molecule has 28 heavy (non-hydrogen) atoms. The highest BCUT2D eigenvalue weighted by Gasteiger charge is 2.31. The molecule has 1 heterocycles. The maximum atomic E-state index is 5.75. The van der Waals surface area contributed by atoms with Gasteiger partial charge in [-0.25, -0.2) is 0 Å². The average molecular weight is 504 g/mol. The second kappa shape index (κ2) is 13.2. The van der Waals surface area contributed by atoms with Crippen LogP contribution in [0.15, 0.2) is 29.3 Å². The molecule has 0 aromatic heterocycles. The van der Waals surface area contributed by atoms with Crippen LogP contribution in [0.3, 0.4) is 0 Å². The van der Waals surface area contributed by atoms with E-state index in [-0.39, 0.29) is 24.0 Å². The number of likely N-dealkylation sites (tertiary alicyclic amines) is 1. The highest BCUT2D eigenvalue weighted by Crippen LogP contribution is 2.18. The summed E-state index contributed by atoms with van der Waals surface area (Å²) in [6.45, 7) is 11.2. The van der Waals surface area contributed by atoms with Crippen molar-refractivity contribution in [2.24, 2.45) is 10.9 Å². The second-order valence-electron chi connectivity index (χ2n) is 7.53. The smallest absolute Gasteiger partial charge is 0.191 e. The Labute approximate surface area is 187 Å². The molecular weight excluding hydrogens is 467 g/mol. The number of aliphatic imine (C=N–C) groups is 1. The van der Waals surface area contributed by atoms with E-state index in [2.05, 4.69) is 41.3 Å². The maximum Gasteiger partial charge on any atom is 0.191 e. The number of hydrogen-bond donors (Lipinski definition) is 2. The first-order chi connectivity index (χ1) is 13.0. The molecule has 6 nitrogen and oxygen atoms in total. The quantitative estimate of drug-likeness (QED) is 0.234. The molecular formula is C21H37IN4O2. The van der Waals surface area contributed by atoms with Gasteiger partial charge in [0.15, 0.2) is 5.96 Å². The van der Waals surface area contributed by atoms with E-state index in [0.29, 0.717) is 24.6 Å². The normalized spacial score (nSPS) is 20.1. The molecule has 2 atom stereocenters. The minimum atomic E-state index is 0. The van der Waals surface area contributed by atoms with Crippen molar-refractivity contribution in [2.45, 2.75) is 45.9 Å². The fraction of sp³-hybridized carbons (Fsp3) is 0.667. The number of guanidine groups is 1. The summed E-state index contributed by atoms with van der Waals surface area (Å²) in [4.78, 5) is 6.88. The molecule has 0 bridgehead atoms. The van der Waals surface area contributed by atoms with Crippen LogP contribution in [0.1, 0.15) is 32.8 Å². The highest BCUT2D eigenvalue weighted by atomic mass is 127. The lowest BCUT2D eigenvalue weighted by atomic mass is 10.1. The van der Waals surface area contributed by atoms with E-state index < -0.39 is 0 Å². The van der Waals surface area contributed by atoms with Crippen LogP contribution >= 0.6 is 24.0 Å². The fourth-order valence-corrected chi connectivity index (χ4v) is 3.28. The van der Waals surface area contributed by atoms with E-state index in [1.54, 1.807) is 7.11 Å². The van der Waals surface area contributed by atoms with Crippen LogP contribution in [-0.4, -0.2) is 63.3 Å². The summed E-state index contributed by atoms with van der Waals surface area (Å²) in [5.74, 6) is 2.38. The number of halogens is 1. The van der Waals surface area contributed by atoms with E-state index in [9.17, 15) is 0 Å². The zero-order valence-corrected chi connectivity index (χ0v) is 20.2. The number of nitrogens with one attached hydrogen (secondary N) is 2. The van der Waals surface area contributed by atoms with Gasteiger partial charge in [0.25, 0.3) is 0 Å². The lowest BCUT2D eigenvalue weighted by Crippen LogP contribution is -2.47. The van der Waals surface area contributed by atoms with Crippen LogP contribution in [0.5, 0.6) is 5.75 Å². The molecule has 2 rings (SSSR count). The van der Waals surface area contributed by atoms with Gasteiger partial charge in [0.05, 0.1) is 13.7 Å². The molecule has 0 spiro atoms. The predicted molar refractivity (Wildman–Crippen MR) is 127 cm³/mol. The summed E-state index contributed by atoms with van der Waals surface area (Å²) in [5.41, 5.74) is 1.16. The van der Waals surface area contributed by atoms with Gasteiger partial charge in [-0.1, -0.05) is 19.1 Å². The van der Waals surface area contributed by atoms with Crippen LogP contribution in [0.4, 0.5) is 0 Å². The molecule has 1 aromatic carbocycles. The van der Waals surface area contributed by atoms with E-state index >= 15 is 0 Å². The molecule has 7 heteroatoms. The van der Waals surface area contributed by atoms with Gasteiger partial charge in [-0.05, 0) is 43.9 Å². The number of rotatable bonds is 9. The number of methoxy groups -OCH3 is 1. The summed E-state index contributed by atoms with van der Waals surface area (Å²) in [5, 5.41) is 6.97. The van der Waals surface area contributed by atoms with Gasteiger partial charge in [-0.15, -0.1) is 24.0 Å². The van der Waals surface area contributed by atoms with E-state index in [1.165, 1.54) is 0 Å². The van der Waals surface area contributed by atoms with Crippen LogP contribution in [0.2, 0.25) is 0 Å². The first-order valence-electron chi connectivity index (χ1n) is 9.95. The molecule has 1 aromatic rings. The lowest BCUT2D eigenvalue weighted by molar-refractivity contribution is 0.119. The molecule has 1 saturated heterocycles. The van der Waals surface area contributed by atoms with E-state index in [4.69, 9.17) is 9.47 Å². The molecule has 1 fully saturated rings. The number of benzene rings is 1. The standard InChI is InChI=1S/C21H36N4O2.HI/c1-16(2)25-13-17(3)20(14-25)24-21(22-4)23-11-6-12-27-15-18-7-9-19(26-5)10-8-18;/h7-10,16-17,20H,6,11-15H2,1-5H3,(H2,22,23,24);1H. The van der Waals surface area contributed by atoms with Gasteiger partial charge in [0.1, 0.15) is 5.75 Å². The molecule has 0 amide bonds. The van der Waals surface area contributed by atoms with Crippen molar-refractivity contribution in [1.82, 2.24) is 15.5 Å². The first-order valence-corrected chi connectivity index (χ1v) is 9.95. The van der Waals surface area contributed by atoms with Gasteiger partial charge in [0.2, 0.25) is 0 Å². The van der Waals surface area contributed by atoms with Gasteiger partial charge >= 0.3 is 0 Å². The Morgan fingerprint density at radius 1 is 1.25 bits per heavy atom. The van der Waals surface area contributed by atoms with Gasteiger partial charge < -0.3 is 20.1 Å². The highest BCUT2D eigenvalue weighted by molar-refractivity contribution is 14.0. The van der Waals surface area contributed by atoms with Gasteiger partial charge in [-0.2, -0.15) is 0 Å².